The Bertz CT molecular complexity index is 721. The number of hydrogen-bond donors (Lipinski definition) is 2. The molecule has 0 saturated carbocycles. The molecule has 0 atom stereocenters. The summed E-state index contributed by atoms with van der Waals surface area (Å²) < 4.78 is 0. The zero-order valence-electron chi connectivity index (χ0n) is 16.2. The summed E-state index contributed by atoms with van der Waals surface area (Å²) >= 11 is 0. The van der Waals surface area contributed by atoms with Crippen LogP contribution in [0.1, 0.15) is 29.6 Å². The fraction of sp³-hybridized carbons (Fsp3) is 0.429. The van der Waals surface area contributed by atoms with Crippen LogP contribution in [-0.2, 0) is 0 Å². The fourth-order valence-electron chi connectivity index (χ4n) is 3.18. The summed E-state index contributed by atoms with van der Waals surface area (Å²) in [6.07, 6.45) is 5.17. The average molecular weight is 367 g/mol. The Morgan fingerprint density at radius 1 is 1.11 bits per heavy atom. The van der Waals surface area contributed by atoms with Crippen LogP contribution in [0, 0.1) is 0 Å². The van der Waals surface area contributed by atoms with Crippen molar-refractivity contribution in [2.75, 3.05) is 55.8 Å². The molecule has 0 spiro atoms. The van der Waals surface area contributed by atoms with Crippen LogP contribution in [0.4, 0.5) is 17.2 Å². The Morgan fingerprint density at radius 2 is 1.85 bits per heavy atom. The maximum atomic E-state index is 12.4. The molecular formula is C21H29N5O. The number of benzene rings is 1. The molecule has 6 heteroatoms. The number of pyridine rings is 1. The van der Waals surface area contributed by atoms with Gasteiger partial charge >= 0.3 is 0 Å². The van der Waals surface area contributed by atoms with E-state index in [2.05, 4.69) is 51.6 Å². The molecule has 1 saturated heterocycles. The Labute approximate surface area is 161 Å². The first kappa shape index (κ1) is 19.2. The summed E-state index contributed by atoms with van der Waals surface area (Å²) in [4.78, 5) is 21.3. The van der Waals surface area contributed by atoms with E-state index >= 15 is 0 Å². The predicted octanol–water partition coefficient (Wildman–Crippen LogP) is 3.30. The molecule has 2 aromatic rings. The number of nitrogens with zero attached hydrogens (tertiary/aromatic N) is 3. The topological polar surface area (TPSA) is 60.5 Å². The number of carbonyl (C=O) groups is 1. The van der Waals surface area contributed by atoms with E-state index in [0.717, 1.165) is 44.1 Å². The summed E-state index contributed by atoms with van der Waals surface area (Å²) in [5.41, 5.74) is 2.57. The monoisotopic (exact) mass is 367 g/mol. The Balaban J connectivity index is 1.50. The number of rotatable bonds is 8. The largest absolute Gasteiger partial charge is 0.372 e. The molecule has 0 bridgehead atoms. The van der Waals surface area contributed by atoms with Gasteiger partial charge < -0.3 is 20.4 Å². The third-order valence-corrected chi connectivity index (χ3v) is 4.71. The van der Waals surface area contributed by atoms with Gasteiger partial charge in [0.05, 0.1) is 5.56 Å². The molecule has 27 heavy (non-hydrogen) atoms. The van der Waals surface area contributed by atoms with Crippen molar-refractivity contribution in [1.82, 2.24) is 9.88 Å². The van der Waals surface area contributed by atoms with Crippen LogP contribution in [-0.4, -0.2) is 56.1 Å². The molecule has 3 rings (SSSR count). The van der Waals surface area contributed by atoms with E-state index in [-0.39, 0.29) is 5.91 Å². The number of nitrogens with one attached hydrogen (secondary N) is 2. The number of anilines is 3. The molecular weight excluding hydrogens is 338 g/mol. The minimum absolute atomic E-state index is 0.143. The smallest absolute Gasteiger partial charge is 0.257 e. The van der Waals surface area contributed by atoms with Crippen molar-refractivity contribution in [2.45, 2.75) is 19.3 Å². The first-order valence-electron chi connectivity index (χ1n) is 9.63. The van der Waals surface area contributed by atoms with Gasteiger partial charge in [0.1, 0.15) is 5.82 Å². The van der Waals surface area contributed by atoms with Gasteiger partial charge in [0.25, 0.3) is 5.91 Å². The molecule has 0 radical (unpaired) electrons. The summed E-state index contributed by atoms with van der Waals surface area (Å²) in [6, 6.07) is 11.7. The third kappa shape index (κ3) is 5.69. The van der Waals surface area contributed by atoms with E-state index in [0.29, 0.717) is 5.56 Å². The van der Waals surface area contributed by atoms with E-state index in [1.165, 1.54) is 18.5 Å². The lowest BCUT2D eigenvalue weighted by Gasteiger charge is -2.17. The van der Waals surface area contributed by atoms with Crippen molar-refractivity contribution in [2.24, 2.45) is 0 Å². The summed E-state index contributed by atoms with van der Waals surface area (Å²) in [7, 11) is 4.12. The third-order valence-electron chi connectivity index (χ3n) is 4.71. The van der Waals surface area contributed by atoms with Crippen molar-refractivity contribution in [1.29, 1.82) is 0 Å². The maximum absolute atomic E-state index is 12.4. The van der Waals surface area contributed by atoms with Crippen LogP contribution in [0.2, 0.25) is 0 Å². The highest BCUT2D eigenvalue weighted by molar-refractivity contribution is 6.04. The second-order valence-electron chi connectivity index (χ2n) is 7.21. The van der Waals surface area contributed by atoms with Gasteiger partial charge in [-0.05, 0) is 76.3 Å². The van der Waals surface area contributed by atoms with E-state index in [4.69, 9.17) is 0 Å². The van der Waals surface area contributed by atoms with Crippen LogP contribution in [0.5, 0.6) is 0 Å². The Morgan fingerprint density at radius 3 is 2.48 bits per heavy atom. The molecule has 144 valence electrons. The highest BCUT2D eigenvalue weighted by Gasteiger charge is 2.12. The molecule has 0 aliphatic carbocycles. The fourth-order valence-corrected chi connectivity index (χ4v) is 3.18. The van der Waals surface area contributed by atoms with E-state index < -0.39 is 0 Å². The molecule has 1 aliphatic heterocycles. The van der Waals surface area contributed by atoms with Gasteiger partial charge in [0, 0.05) is 37.2 Å². The lowest BCUT2D eigenvalue weighted by Crippen LogP contribution is -2.17. The van der Waals surface area contributed by atoms with Gasteiger partial charge in [-0.1, -0.05) is 0 Å². The molecule has 0 unspecified atom stereocenters. The van der Waals surface area contributed by atoms with Crippen LogP contribution >= 0.6 is 0 Å². The SMILES string of the molecule is CN(C)CCCNc1ccc(C(=O)Nc2ccc(N3CCCC3)cc2)cn1. The van der Waals surface area contributed by atoms with Crippen LogP contribution in [0.25, 0.3) is 0 Å². The van der Waals surface area contributed by atoms with E-state index in [1.807, 2.05) is 18.2 Å². The van der Waals surface area contributed by atoms with Crippen molar-refractivity contribution >= 4 is 23.1 Å². The zero-order valence-corrected chi connectivity index (χ0v) is 16.2. The first-order chi connectivity index (χ1) is 13.1. The van der Waals surface area contributed by atoms with Crippen molar-refractivity contribution in [3.05, 3.63) is 48.2 Å². The minimum atomic E-state index is -0.143. The zero-order chi connectivity index (χ0) is 19.1. The highest BCUT2D eigenvalue weighted by atomic mass is 16.1. The molecule has 2 N–H and O–H groups in total. The molecule has 1 amide bonds. The van der Waals surface area contributed by atoms with Crippen molar-refractivity contribution in [3.63, 3.8) is 0 Å². The number of carbonyl (C=O) groups excluding carboxylic acids is 1. The molecule has 1 fully saturated rings. The normalized spacial score (nSPS) is 13.8. The molecule has 6 nitrogen and oxygen atoms in total. The van der Waals surface area contributed by atoms with Crippen LogP contribution in [0.15, 0.2) is 42.6 Å². The maximum Gasteiger partial charge on any atom is 0.257 e. The molecule has 2 heterocycles. The second-order valence-corrected chi connectivity index (χ2v) is 7.21. The summed E-state index contributed by atoms with van der Waals surface area (Å²) in [5, 5.41) is 6.21. The molecule has 1 aromatic heterocycles. The Hall–Kier alpha value is -2.60. The lowest BCUT2D eigenvalue weighted by atomic mass is 10.2. The number of aromatic nitrogens is 1. The van der Waals surface area contributed by atoms with Crippen molar-refractivity contribution < 1.29 is 4.79 Å². The van der Waals surface area contributed by atoms with Gasteiger partial charge in [0.15, 0.2) is 0 Å². The predicted molar refractivity (Wildman–Crippen MR) is 112 cm³/mol. The minimum Gasteiger partial charge on any atom is -0.372 e. The summed E-state index contributed by atoms with van der Waals surface area (Å²) in [5.74, 6) is 0.649. The average Bonchev–Trinajstić information content (AvgIpc) is 3.21. The number of amides is 1. The van der Waals surface area contributed by atoms with Crippen LogP contribution in [0.3, 0.4) is 0 Å². The Kier molecular flexibility index (Phi) is 6.65. The first-order valence-corrected chi connectivity index (χ1v) is 9.63. The van der Waals surface area contributed by atoms with Gasteiger partial charge in [-0.25, -0.2) is 4.98 Å². The lowest BCUT2D eigenvalue weighted by molar-refractivity contribution is 0.102. The van der Waals surface area contributed by atoms with Gasteiger partial charge in [-0.3, -0.25) is 4.79 Å². The molecule has 1 aliphatic rings. The van der Waals surface area contributed by atoms with Gasteiger partial charge in [0.2, 0.25) is 0 Å². The van der Waals surface area contributed by atoms with Gasteiger partial charge in [-0.2, -0.15) is 0 Å². The number of hydrogen-bond acceptors (Lipinski definition) is 5. The van der Waals surface area contributed by atoms with E-state index in [9.17, 15) is 4.79 Å². The van der Waals surface area contributed by atoms with Crippen molar-refractivity contribution in [3.8, 4) is 0 Å². The van der Waals surface area contributed by atoms with Gasteiger partial charge in [-0.15, -0.1) is 0 Å². The standard InChI is InChI=1S/C21H29N5O/c1-25(2)13-5-12-22-20-11-6-17(16-23-20)21(27)24-18-7-9-19(10-8-18)26-14-3-4-15-26/h6-11,16H,3-5,12-15H2,1-2H3,(H,22,23)(H,24,27). The summed E-state index contributed by atoms with van der Waals surface area (Å²) in [6.45, 7) is 4.13. The highest BCUT2D eigenvalue weighted by Crippen LogP contribution is 2.22. The van der Waals surface area contributed by atoms with E-state index in [1.54, 1.807) is 12.3 Å². The molecule has 1 aromatic carbocycles. The second kappa shape index (κ2) is 9.37. The van der Waals surface area contributed by atoms with Crippen LogP contribution < -0.4 is 15.5 Å². The quantitative estimate of drug-likeness (QED) is 0.701.